The van der Waals surface area contributed by atoms with Crippen LogP contribution in [0.2, 0.25) is 0 Å². The van der Waals surface area contributed by atoms with E-state index >= 15 is 0 Å². The number of fused-ring (bicyclic) bond motifs is 1. The van der Waals surface area contributed by atoms with Gasteiger partial charge in [0.05, 0.1) is 11.4 Å². The van der Waals surface area contributed by atoms with E-state index in [0.29, 0.717) is 18.7 Å². The van der Waals surface area contributed by atoms with E-state index in [1.54, 1.807) is 11.1 Å². The fourth-order valence-corrected chi connectivity index (χ4v) is 3.34. The normalized spacial score (nSPS) is 13.6. The van der Waals surface area contributed by atoms with Gasteiger partial charge in [0.15, 0.2) is 0 Å². The number of carbonyl (C=O) groups is 2. The molecule has 2 amide bonds. The zero-order chi connectivity index (χ0) is 16.1. The second-order valence-corrected chi connectivity index (χ2v) is 6.17. The van der Waals surface area contributed by atoms with Crippen LogP contribution in [0, 0.1) is 0 Å². The van der Waals surface area contributed by atoms with Crippen molar-refractivity contribution in [3.8, 4) is 0 Å². The Kier molecular flexibility index (Phi) is 4.92. The number of thioether (sulfide) groups is 1. The number of nitrogens with zero attached hydrogens (tertiary/aromatic N) is 2. The van der Waals surface area contributed by atoms with E-state index in [1.165, 1.54) is 11.8 Å². The van der Waals surface area contributed by atoms with Gasteiger partial charge in [-0.3, -0.25) is 14.6 Å². The number of hydrogen-bond donors (Lipinski definition) is 1. The van der Waals surface area contributed by atoms with Gasteiger partial charge in [-0.15, -0.1) is 11.8 Å². The lowest BCUT2D eigenvalue weighted by atomic mass is 10.2. The predicted octanol–water partition coefficient (Wildman–Crippen LogP) is 1.88. The van der Waals surface area contributed by atoms with E-state index in [4.69, 9.17) is 0 Å². The van der Waals surface area contributed by atoms with Crippen LogP contribution >= 0.6 is 11.8 Å². The first kappa shape index (κ1) is 15.6. The molecule has 0 radical (unpaired) electrons. The molecule has 2 heterocycles. The van der Waals surface area contributed by atoms with E-state index < -0.39 is 0 Å². The molecule has 5 nitrogen and oxygen atoms in total. The number of amides is 2. The lowest BCUT2D eigenvalue weighted by Gasteiger charge is -2.28. The molecule has 1 aromatic carbocycles. The smallest absolute Gasteiger partial charge is 0.240 e. The molecule has 0 saturated carbocycles. The average Bonchev–Trinajstić information content (AvgIpc) is 2.58. The summed E-state index contributed by atoms with van der Waals surface area (Å²) < 4.78 is 0. The number of para-hydroxylation sites is 1. The molecule has 0 unspecified atom stereocenters. The summed E-state index contributed by atoms with van der Waals surface area (Å²) in [5.74, 6) is 0.183. The summed E-state index contributed by atoms with van der Waals surface area (Å²) in [4.78, 5) is 31.0. The Morgan fingerprint density at radius 3 is 2.87 bits per heavy atom. The Bertz CT molecular complexity index is 706. The van der Waals surface area contributed by atoms with Gasteiger partial charge in [0.1, 0.15) is 6.54 Å². The molecule has 1 N–H and O–H groups in total. The highest BCUT2D eigenvalue weighted by Crippen LogP contribution is 2.34. The third kappa shape index (κ3) is 3.90. The van der Waals surface area contributed by atoms with Crippen molar-refractivity contribution in [1.29, 1.82) is 0 Å². The Balaban J connectivity index is 1.56. The zero-order valence-corrected chi connectivity index (χ0v) is 13.4. The van der Waals surface area contributed by atoms with Crippen molar-refractivity contribution in [2.24, 2.45) is 0 Å². The summed E-state index contributed by atoms with van der Waals surface area (Å²) in [6.07, 6.45) is 2.41. The van der Waals surface area contributed by atoms with Gasteiger partial charge < -0.3 is 10.2 Å². The van der Waals surface area contributed by atoms with Crippen molar-refractivity contribution < 1.29 is 9.59 Å². The maximum Gasteiger partial charge on any atom is 0.240 e. The second kappa shape index (κ2) is 7.28. The van der Waals surface area contributed by atoms with E-state index in [2.05, 4.69) is 10.3 Å². The highest BCUT2D eigenvalue weighted by atomic mass is 32.2. The van der Waals surface area contributed by atoms with Gasteiger partial charge in [0.25, 0.3) is 0 Å². The van der Waals surface area contributed by atoms with Gasteiger partial charge >= 0.3 is 0 Å². The summed E-state index contributed by atoms with van der Waals surface area (Å²) >= 11 is 1.51. The van der Waals surface area contributed by atoms with Crippen molar-refractivity contribution >= 4 is 29.3 Å². The van der Waals surface area contributed by atoms with Gasteiger partial charge in [-0.25, -0.2) is 0 Å². The molecule has 0 bridgehead atoms. The van der Waals surface area contributed by atoms with E-state index in [9.17, 15) is 9.59 Å². The van der Waals surface area contributed by atoms with Crippen LogP contribution in [-0.2, 0) is 16.0 Å². The molecule has 1 aromatic heterocycles. The Morgan fingerprint density at radius 2 is 2.04 bits per heavy atom. The molecule has 2 aromatic rings. The van der Waals surface area contributed by atoms with Gasteiger partial charge in [-0.2, -0.15) is 0 Å². The molecule has 3 rings (SSSR count). The number of hydrogen-bond acceptors (Lipinski definition) is 4. The standard InChI is InChI=1S/C17H17N3O2S/c21-16(19-10-8-13-5-3-4-9-18-13)11-20-14-6-1-2-7-15(14)23-12-17(20)22/h1-7,9H,8,10-12H2,(H,19,21). The summed E-state index contributed by atoms with van der Waals surface area (Å²) in [5, 5.41) is 2.85. The lowest BCUT2D eigenvalue weighted by molar-refractivity contribution is -0.122. The van der Waals surface area contributed by atoms with E-state index in [0.717, 1.165) is 16.3 Å². The fourth-order valence-electron chi connectivity index (χ4n) is 2.40. The number of aromatic nitrogens is 1. The van der Waals surface area contributed by atoms with Gasteiger partial charge in [0.2, 0.25) is 11.8 Å². The zero-order valence-electron chi connectivity index (χ0n) is 12.6. The highest BCUT2D eigenvalue weighted by molar-refractivity contribution is 8.00. The molecular formula is C17H17N3O2S. The molecule has 0 spiro atoms. The number of benzene rings is 1. The largest absolute Gasteiger partial charge is 0.354 e. The molecule has 118 valence electrons. The fraction of sp³-hybridized carbons (Fsp3) is 0.235. The average molecular weight is 327 g/mol. The number of nitrogens with one attached hydrogen (secondary N) is 1. The lowest BCUT2D eigenvalue weighted by Crippen LogP contribution is -2.43. The molecule has 1 aliphatic heterocycles. The first-order chi connectivity index (χ1) is 11.2. The Hall–Kier alpha value is -2.34. The van der Waals surface area contributed by atoms with E-state index in [1.807, 2.05) is 42.5 Å². The third-order valence-corrected chi connectivity index (χ3v) is 4.59. The van der Waals surface area contributed by atoms with E-state index in [-0.39, 0.29) is 18.4 Å². The topological polar surface area (TPSA) is 62.3 Å². The van der Waals surface area contributed by atoms with Crippen LogP contribution in [0.4, 0.5) is 5.69 Å². The van der Waals surface area contributed by atoms with Crippen molar-refractivity contribution in [2.45, 2.75) is 11.3 Å². The monoisotopic (exact) mass is 327 g/mol. The second-order valence-electron chi connectivity index (χ2n) is 5.16. The van der Waals surface area contributed by atoms with Crippen LogP contribution in [0.5, 0.6) is 0 Å². The Morgan fingerprint density at radius 1 is 1.22 bits per heavy atom. The minimum Gasteiger partial charge on any atom is -0.354 e. The quantitative estimate of drug-likeness (QED) is 0.911. The Labute approximate surface area is 139 Å². The molecule has 6 heteroatoms. The van der Waals surface area contributed by atoms with Crippen LogP contribution in [0.1, 0.15) is 5.69 Å². The summed E-state index contributed by atoms with van der Waals surface area (Å²) in [6, 6.07) is 13.4. The van der Waals surface area contributed by atoms with Crippen LogP contribution < -0.4 is 10.2 Å². The molecule has 0 fully saturated rings. The summed E-state index contributed by atoms with van der Waals surface area (Å²) in [5.41, 5.74) is 1.75. The predicted molar refractivity (Wildman–Crippen MR) is 90.5 cm³/mol. The van der Waals surface area contributed by atoms with Gasteiger partial charge in [-0.1, -0.05) is 18.2 Å². The number of anilines is 1. The van der Waals surface area contributed by atoms with Crippen LogP contribution in [-0.4, -0.2) is 35.6 Å². The van der Waals surface area contributed by atoms with Gasteiger partial charge in [0, 0.05) is 29.8 Å². The SMILES string of the molecule is O=C(CN1C(=O)CSc2ccccc21)NCCc1ccccn1. The van der Waals surface area contributed by atoms with Crippen LogP contribution in [0.25, 0.3) is 0 Å². The summed E-state index contributed by atoms with van der Waals surface area (Å²) in [7, 11) is 0. The first-order valence-corrected chi connectivity index (χ1v) is 8.41. The third-order valence-electron chi connectivity index (χ3n) is 3.54. The maximum atomic E-state index is 12.1. The van der Waals surface area contributed by atoms with Crippen molar-refractivity contribution in [3.63, 3.8) is 0 Å². The highest BCUT2D eigenvalue weighted by Gasteiger charge is 2.25. The number of pyridine rings is 1. The van der Waals surface area contributed by atoms with Crippen LogP contribution in [0.3, 0.4) is 0 Å². The minimum absolute atomic E-state index is 0.0337. The molecule has 0 atom stereocenters. The van der Waals surface area contributed by atoms with Crippen molar-refractivity contribution in [3.05, 3.63) is 54.4 Å². The number of carbonyl (C=O) groups excluding carboxylic acids is 2. The molecule has 0 saturated heterocycles. The minimum atomic E-state index is -0.156. The summed E-state index contributed by atoms with van der Waals surface area (Å²) in [6.45, 7) is 0.562. The van der Waals surface area contributed by atoms with Crippen molar-refractivity contribution in [2.75, 3.05) is 23.7 Å². The molecule has 23 heavy (non-hydrogen) atoms. The number of rotatable bonds is 5. The van der Waals surface area contributed by atoms with Crippen molar-refractivity contribution in [1.82, 2.24) is 10.3 Å². The van der Waals surface area contributed by atoms with Crippen LogP contribution in [0.15, 0.2) is 53.6 Å². The molecule has 1 aliphatic rings. The molecule has 0 aliphatic carbocycles. The van der Waals surface area contributed by atoms with Gasteiger partial charge in [-0.05, 0) is 24.3 Å². The first-order valence-electron chi connectivity index (χ1n) is 7.43. The maximum absolute atomic E-state index is 12.1. The molecular weight excluding hydrogens is 310 g/mol.